The molecule has 7 heteroatoms. The largest absolute Gasteiger partial charge is 0.497 e. The first-order valence-corrected chi connectivity index (χ1v) is 10.5. The second-order valence-corrected chi connectivity index (χ2v) is 7.64. The first-order valence-electron chi connectivity index (χ1n) is 10.5. The molecule has 2 saturated heterocycles. The van der Waals surface area contributed by atoms with E-state index in [2.05, 4.69) is 31.9 Å². The lowest BCUT2D eigenvalue weighted by atomic mass is 10.2. The smallest absolute Gasteiger partial charge is 0.272 e. The lowest BCUT2D eigenvalue weighted by Crippen LogP contribution is -2.47. The van der Waals surface area contributed by atoms with E-state index in [1.807, 2.05) is 23.1 Å². The number of hydrogen-bond acceptors (Lipinski definition) is 6. The van der Waals surface area contributed by atoms with Crippen molar-refractivity contribution in [3.05, 3.63) is 42.4 Å². The monoisotopic (exact) mass is 395 g/mol. The summed E-state index contributed by atoms with van der Waals surface area (Å²) in [6, 6.07) is 10.0. The lowest BCUT2D eigenvalue weighted by Gasteiger charge is -2.36. The number of anilines is 2. The highest BCUT2D eigenvalue weighted by molar-refractivity contribution is 5.93. The Hall–Kier alpha value is -2.83. The summed E-state index contributed by atoms with van der Waals surface area (Å²) in [6.45, 7) is 5.20. The van der Waals surface area contributed by atoms with E-state index in [-0.39, 0.29) is 5.91 Å². The minimum Gasteiger partial charge on any atom is -0.497 e. The van der Waals surface area contributed by atoms with Crippen molar-refractivity contribution >= 4 is 17.4 Å². The molecule has 4 rings (SSSR count). The molecule has 0 spiro atoms. The van der Waals surface area contributed by atoms with Crippen LogP contribution in [-0.4, -0.2) is 67.2 Å². The van der Waals surface area contributed by atoms with Gasteiger partial charge in [-0.15, -0.1) is 0 Å². The molecular weight excluding hydrogens is 366 g/mol. The van der Waals surface area contributed by atoms with Gasteiger partial charge in [0.2, 0.25) is 0 Å². The van der Waals surface area contributed by atoms with Crippen LogP contribution in [0, 0.1) is 0 Å². The van der Waals surface area contributed by atoms with Gasteiger partial charge in [-0.1, -0.05) is 12.8 Å². The van der Waals surface area contributed by atoms with Crippen LogP contribution < -0.4 is 14.5 Å². The zero-order valence-electron chi connectivity index (χ0n) is 17.1. The third kappa shape index (κ3) is 4.60. The van der Waals surface area contributed by atoms with Crippen LogP contribution in [0.25, 0.3) is 0 Å². The van der Waals surface area contributed by atoms with E-state index < -0.39 is 0 Å². The molecule has 0 unspecified atom stereocenters. The van der Waals surface area contributed by atoms with Gasteiger partial charge in [-0.05, 0) is 37.1 Å². The van der Waals surface area contributed by atoms with Crippen LogP contribution in [0.4, 0.5) is 11.5 Å². The first-order chi connectivity index (χ1) is 14.2. The number of hydrogen-bond donors (Lipinski definition) is 0. The van der Waals surface area contributed by atoms with Crippen LogP contribution >= 0.6 is 0 Å². The maximum Gasteiger partial charge on any atom is 0.272 e. The Bertz CT molecular complexity index is 810. The Balaban J connectivity index is 1.39. The van der Waals surface area contributed by atoms with Crippen LogP contribution in [-0.2, 0) is 0 Å². The summed E-state index contributed by atoms with van der Waals surface area (Å²) in [6.07, 6.45) is 6.10. The van der Waals surface area contributed by atoms with Gasteiger partial charge in [0, 0.05) is 51.0 Å². The lowest BCUT2D eigenvalue weighted by molar-refractivity contribution is 0.0755. The van der Waals surface area contributed by atoms with Gasteiger partial charge in [0.05, 0.1) is 7.11 Å². The normalized spacial score (nSPS) is 17.8. The average Bonchev–Trinajstić information content (AvgIpc) is 3.08. The topological polar surface area (TPSA) is 61.8 Å². The Kier molecular flexibility index (Phi) is 6.12. The van der Waals surface area contributed by atoms with E-state index in [1.165, 1.54) is 24.9 Å². The zero-order valence-corrected chi connectivity index (χ0v) is 17.1. The molecule has 7 nitrogen and oxygen atoms in total. The predicted molar refractivity (Wildman–Crippen MR) is 114 cm³/mol. The molecule has 2 fully saturated rings. The predicted octanol–water partition coefficient (Wildman–Crippen LogP) is 2.83. The molecule has 0 saturated carbocycles. The summed E-state index contributed by atoms with van der Waals surface area (Å²) in [5.74, 6) is 1.75. The van der Waals surface area contributed by atoms with E-state index in [0.717, 1.165) is 63.7 Å². The molecule has 1 aromatic carbocycles. The molecule has 0 radical (unpaired) electrons. The number of ether oxygens (including phenoxy) is 1. The number of carbonyl (C=O) groups is 1. The highest BCUT2D eigenvalue weighted by Gasteiger charge is 2.22. The number of aromatic nitrogens is 2. The molecule has 1 aromatic heterocycles. The van der Waals surface area contributed by atoms with E-state index in [0.29, 0.717) is 5.69 Å². The van der Waals surface area contributed by atoms with E-state index in [1.54, 1.807) is 7.11 Å². The number of rotatable bonds is 4. The van der Waals surface area contributed by atoms with Crippen molar-refractivity contribution in [1.29, 1.82) is 0 Å². The van der Waals surface area contributed by atoms with Gasteiger partial charge in [-0.2, -0.15) is 0 Å². The maximum absolute atomic E-state index is 12.9. The molecular formula is C22H29N5O2. The van der Waals surface area contributed by atoms with Crippen LogP contribution in [0.5, 0.6) is 5.75 Å². The van der Waals surface area contributed by atoms with Gasteiger partial charge >= 0.3 is 0 Å². The van der Waals surface area contributed by atoms with Crippen LogP contribution in [0.2, 0.25) is 0 Å². The summed E-state index contributed by atoms with van der Waals surface area (Å²) in [4.78, 5) is 28.1. The van der Waals surface area contributed by atoms with Crippen LogP contribution in [0.3, 0.4) is 0 Å². The van der Waals surface area contributed by atoms with Crippen molar-refractivity contribution in [2.24, 2.45) is 0 Å². The van der Waals surface area contributed by atoms with Crippen molar-refractivity contribution in [2.45, 2.75) is 25.7 Å². The second-order valence-electron chi connectivity index (χ2n) is 7.64. The number of methoxy groups -OCH3 is 1. The van der Waals surface area contributed by atoms with Gasteiger partial charge in [0.25, 0.3) is 5.91 Å². The third-order valence-corrected chi connectivity index (χ3v) is 5.81. The minimum absolute atomic E-state index is 0.0346. The van der Waals surface area contributed by atoms with Gasteiger partial charge in [0.15, 0.2) is 0 Å². The molecule has 1 amide bonds. The third-order valence-electron chi connectivity index (χ3n) is 5.81. The Morgan fingerprint density at radius 2 is 1.52 bits per heavy atom. The Morgan fingerprint density at radius 3 is 2.17 bits per heavy atom. The minimum atomic E-state index is 0.0346. The molecule has 3 heterocycles. The first kappa shape index (κ1) is 19.5. The average molecular weight is 396 g/mol. The number of carbonyl (C=O) groups excluding carboxylic acids is 1. The van der Waals surface area contributed by atoms with E-state index >= 15 is 0 Å². The van der Waals surface area contributed by atoms with Gasteiger partial charge in [-0.25, -0.2) is 9.97 Å². The van der Waals surface area contributed by atoms with Gasteiger partial charge in [0.1, 0.15) is 23.6 Å². The highest BCUT2D eigenvalue weighted by atomic mass is 16.5. The van der Waals surface area contributed by atoms with Gasteiger partial charge < -0.3 is 19.4 Å². The van der Waals surface area contributed by atoms with E-state index in [4.69, 9.17) is 4.74 Å². The molecule has 29 heavy (non-hydrogen) atoms. The van der Waals surface area contributed by atoms with Crippen LogP contribution in [0.1, 0.15) is 36.2 Å². The summed E-state index contributed by atoms with van der Waals surface area (Å²) >= 11 is 0. The number of amides is 1. The zero-order chi connectivity index (χ0) is 20.1. The SMILES string of the molecule is COc1ccc(N2CCN(c3cc(C(=O)N4CCCCCC4)ncn3)CC2)cc1. The summed E-state index contributed by atoms with van der Waals surface area (Å²) < 4.78 is 5.24. The summed E-state index contributed by atoms with van der Waals surface area (Å²) in [5, 5.41) is 0. The Labute approximate surface area is 172 Å². The number of likely N-dealkylation sites (tertiary alicyclic amines) is 1. The summed E-state index contributed by atoms with van der Waals surface area (Å²) in [5.41, 5.74) is 1.71. The highest BCUT2D eigenvalue weighted by Crippen LogP contribution is 2.22. The molecule has 2 aromatic rings. The number of nitrogens with zero attached hydrogens (tertiary/aromatic N) is 5. The van der Waals surface area contributed by atoms with Crippen molar-refractivity contribution < 1.29 is 9.53 Å². The number of benzene rings is 1. The standard InChI is InChI=1S/C22H29N5O2/c1-29-19-8-6-18(7-9-19)25-12-14-26(15-13-25)21-16-20(23-17-24-21)22(28)27-10-4-2-3-5-11-27/h6-9,16-17H,2-5,10-15H2,1H3. The van der Waals surface area contributed by atoms with Crippen LogP contribution in [0.15, 0.2) is 36.7 Å². The van der Waals surface area contributed by atoms with Crippen molar-refractivity contribution in [1.82, 2.24) is 14.9 Å². The molecule has 0 bridgehead atoms. The molecule has 2 aliphatic rings. The second kappa shape index (κ2) is 9.11. The summed E-state index contributed by atoms with van der Waals surface area (Å²) in [7, 11) is 1.68. The molecule has 0 N–H and O–H groups in total. The quantitative estimate of drug-likeness (QED) is 0.793. The molecule has 2 aliphatic heterocycles. The number of piperazine rings is 1. The maximum atomic E-state index is 12.9. The molecule has 0 aliphatic carbocycles. The fourth-order valence-electron chi connectivity index (χ4n) is 4.06. The molecule has 154 valence electrons. The fraction of sp³-hybridized carbons (Fsp3) is 0.500. The molecule has 0 atom stereocenters. The van der Waals surface area contributed by atoms with Crippen molar-refractivity contribution in [3.63, 3.8) is 0 Å². The Morgan fingerprint density at radius 1 is 0.862 bits per heavy atom. The van der Waals surface area contributed by atoms with E-state index in [9.17, 15) is 4.79 Å². The van der Waals surface area contributed by atoms with Gasteiger partial charge in [-0.3, -0.25) is 4.79 Å². The van der Waals surface area contributed by atoms with Crippen molar-refractivity contribution in [3.8, 4) is 5.75 Å². The van der Waals surface area contributed by atoms with Crippen molar-refractivity contribution in [2.75, 3.05) is 56.2 Å². The fourth-order valence-corrected chi connectivity index (χ4v) is 4.06.